The van der Waals surface area contributed by atoms with Gasteiger partial charge < -0.3 is 5.32 Å². The summed E-state index contributed by atoms with van der Waals surface area (Å²) >= 11 is 1.55. The number of benzene rings is 3. The lowest BCUT2D eigenvalue weighted by Crippen LogP contribution is -2.29. The first-order chi connectivity index (χ1) is 12.7. The second kappa shape index (κ2) is 9.20. The molecule has 0 saturated carbocycles. The van der Waals surface area contributed by atoms with Crippen LogP contribution in [0.2, 0.25) is 0 Å². The number of hydrogen-bond donors (Lipinski definition) is 1. The zero-order valence-corrected chi connectivity index (χ0v) is 15.1. The van der Waals surface area contributed by atoms with Crippen molar-refractivity contribution in [3.05, 3.63) is 102 Å². The van der Waals surface area contributed by atoms with Crippen LogP contribution in [0.15, 0.2) is 89.8 Å². The lowest BCUT2D eigenvalue weighted by molar-refractivity contribution is -0.121. The van der Waals surface area contributed by atoms with Crippen molar-refractivity contribution in [2.75, 3.05) is 5.75 Å². The van der Waals surface area contributed by atoms with Crippen molar-refractivity contribution in [3.63, 3.8) is 0 Å². The average Bonchev–Trinajstić information content (AvgIpc) is 2.69. The van der Waals surface area contributed by atoms with Gasteiger partial charge in [0.2, 0.25) is 5.91 Å². The van der Waals surface area contributed by atoms with Crippen LogP contribution >= 0.6 is 11.8 Å². The predicted octanol–water partition coefficient (Wildman–Crippen LogP) is 5.21. The van der Waals surface area contributed by atoms with Crippen molar-refractivity contribution in [1.82, 2.24) is 5.32 Å². The number of halogens is 1. The third-order valence-corrected chi connectivity index (χ3v) is 5.00. The van der Waals surface area contributed by atoms with Crippen LogP contribution in [0.5, 0.6) is 0 Å². The van der Waals surface area contributed by atoms with Crippen LogP contribution in [0.3, 0.4) is 0 Å². The molecule has 0 fully saturated rings. The summed E-state index contributed by atoms with van der Waals surface area (Å²) in [6.07, 6.45) is 0.401. The Kier molecular flexibility index (Phi) is 6.45. The number of carbonyl (C=O) groups excluding carboxylic acids is 1. The van der Waals surface area contributed by atoms with Gasteiger partial charge in [0.15, 0.2) is 0 Å². The minimum absolute atomic E-state index is 0.00248. The van der Waals surface area contributed by atoms with E-state index in [1.807, 2.05) is 60.7 Å². The lowest BCUT2D eigenvalue weighted by Gasteiger charge is -2.20. The minimum Gasteiger partial charge on any atom is -0.345 e. The number of amides is 1. The molecule has 4 heteroatoms. The van der Waals surface area contributed by atoms with Crippen molar-refractivity contribution in [1.29, 1.82) is 0 Å². The Hall–Kier alpha value is -2.59. The molecule has 3 aromatic carbocycles. The van der Waals surface area contributed by atoms with E-state index in [1.165, 1.54) is 12.1 Å². The molecule has 0 aliphatic rings. The Morgan fingerprint density at radius 3 is 1.92 bits per heavy atom. The summed E-state index contributed by atoms with van der Waals surface area (Å²) in [6, 6.07) is 26.1. The maximum Gasteiger partial charge on any atom is 0.221 e. The Morgan fingerprint density at radius 2 is 1.38 bits per heavy atom. The molecule has 132 valence electrons. The largest absolute Gasteiger partial charge is 0.345 e. The maximum absolute atomic E-state index is 12.9. The van der Waals surface area contributed by atoms with Crippen LogP contribution in [0.1, 0.15) is 23.6 Å². The Balaban J connectivity index is 1.61. The first kappa shape index (κ1) is 18.2. The van der Waals surface area contributed by atoms with Gasteiger partial charge in [-0.1, -0.05) is 60.7 Å². The fourth-order valence-electron chi connectivity index (χ4n) is 2.68. The molecule has 0 heterocycles. The van der Waals surface area contributed by atoms with E-state index in [9.17, 15) is 9.18 Å². The molecule has 3 rings (SSSR count). The SMILES string of the molecule is O=C(CCSc1ccc(F)cc1)NC(c1ccccc1)c1ccccc1. The van der Waals surface area contributed by atoms with Crippen molar-refractivity contribution in [2.45, 2.75) is 17.4 Å². The molecule has 1 amide bonds. The smallest absolute Gasteiger partial charge is 0.221 e. The number of rotatable bonds is 7. The van der Waals surface area contributed by atoms with Crippen molar-refractivity contribution in [3.8, 4) is 0 Å². The first-order valence-corrected chi connectivity index (χ1v) is 9.48. The molecule has 0 spiro atoms. The third-order valence-electron chi connectivity index (χ3n) is 3.98. The molecule has 0 aliphatic carbocycles. The molecule has 0 aliphatic heterocycles. The number of carbonyl (C=O) groups is 1. The van der Waals surface area contributed by atoms with Crippen molar-refractivity contribution in [2.24, 2.45) is 0 Å². The molecule has 1 N–H and O–H groups in total. The number of thioether (sulfide) groups is 1. The highest BCUT2D eigenvalue weighted by Gasteiger charge is 2.16. The first-order valence-electron chi connectivity index (χ1n) is 8.50. The van der Waals surface area contributed by atoms with Crippen LogP contribution in [-0.2, 0) is 4.79 Å². The summed E-state index contributed by atoms with van der Waals surface area (Å²) in [6.45, 7) is 0. The highest BCUT2D eigenvalue weighted by Crippen LogP contribution is 2.23. The van der Waals surface area contributed by atoms with Gasteiger partial charge in [-0.3, -0.25) is 4.79 Å². The van der Waals surface area contributed by atoms with Gasteiger partial charge in [0.1, 0.15) is 5.82 Å². The fraction of sp³-hybridized carbons (Fsp3) is 0.136. The summed E-state index contributed by atoms with van der Waals surface area (Å²) in [4.78, 5) is 13.4. The van der Waals surface area contributed by atoms with Gasteiger partial charge in [-0.05, 0) is 35.4 Å². The van der Waals surface area contributed by atoms with Crippen molar-refractivity contribution >= 4 is 17.7 Å². The topological polar surface area (TPSA) is 29.1 Å². The summed E-state index contributed by atoms with van der Waals surface area (Å²) < 4.78 is 12.9. The van der Waals surface area contributed by atoms with Gasteiger partial charge in [-0.25, -0.2) is 4.39 Å². The van der Waals surface area contributed by atoms with Gasteiger partial charge in [-0.2, -0.15) is 0 Å². The molecule has 2 nitrogen and oxygen atoms in total. The van der Waals surface area contributed by atoms with E-state index in [4.69, 9.17) is 0 Å². The molecule has 0 radical (unpaired) electrons. The molecule has 0 atom stereocenters. The molecule has 0 bridgehead atoms. The maximum atomic E-state index is 12.9. The normalized spacial score (nSPS) is 10.7. The third kappa shape index (κ3) is 5.20. The van der Waals surface area contributed by atoms with Crippen LogP contribution in [0.4, 0.5) is 4.39 Å². The van der Waals surface area contributed by atoms with Crippen molar-refractivity contribution < 1.29 is 9.18 Å². The second-order valence-electron chi connectivity index (χ2n) is 5.87. The van der Waals surface area contributed by atoms with Crippen LogP contribution in [0, 0.1) is 5.82 Å². The van der Waals surface area contributed by atoms with Crippen LogP contribution in [-0.4, -0.2) is 11.7 Å². The van der Waals surface area contributed by atoms with Gasteiger partial charge in [0, 0.05) is 17.1 Å². The second-order valence-corrected chi connectivity index (χ2v) is 7.04. The summed E-state index contributed by atoms with van der Waals surface area (Å²) in [5.41, 5.74) is 2.11. The Morgan fingerprint density at radius 1 is 0.846 bits per heavy atom. The molecule has 0 aromatic heterocycles. The van der Waals surface area contributed by atoms with Gasteiger partial charge in [0.25, 0.3) is 0 Å². The van der Waals surface area contributed by atoms with E-state index in [1.54, 1.807) is 23.9 Å². The fourth-order valence-corrected chi connectivity index (χ4v) is 3.53. The number of nitrogens with one attached hydrogen (secondary N) is 1. The molecule has 26 heavy (non-hydrogen) atoms. The van der Waals surface area contributed by atoms with E-state index in [-0.39, 0.29) is 17.8 Å². The quantitative estimate of drug-likeness (QED) is 0.582. The lowest BCUT2D eigenvalue weighted by atomic mass is 9.98. The summed E-state index contributed by atoms with van der Waals surface area (Å²) in [5, 5.41) is 3.13. The molecular weight excluding hydrogens is 345 g/mol. The molecular formula is C22H20FNOS. The summed E-state index contributed by atoms with van der Waals surface area (Å²) in [5.74, 6) is 0.395. The standard InChI is InChI=1S/C22H20FNOS/c23-19-11-13-20(14-12-19)26-16-15-21(25)24-22(17-7-3-1-4-8-17)18-9-5-2-6-10-18/h1-14,22H,15-16H2,(H,24,25). The zero-order valence-electron chi connectivity index (χ0n) is 14.3. The highest BCUT2D eigenvalue weighted by molar-refractivity contribution is 7.99. The minimum atomic E-state index is -0.249. The number of hydrogen-bond acceptors (Lipinski definition) is 2. The zero-order chi connectivity index (χ0) is 18.2. The highest BCUT2D eigenvalue weighted by atomic mass is 32.2. The van der Waals surface area contributed by atoms with Gasteiger partial charge in [-0.15, -0.1) is 11.8 Å². The Bertz CT molecular complexity index is 782. The van der Waals surface area contributed by atoms with E-state index >= 15 is 0 Å². The van der Waals surface area contributed by atoms with Gasteiger partial charge >= 0.3 is 0 Å². The molecule has 0 saturated heterocycles. The van der Waals surface area contributed by atoms with E-state index < -0.39 is 0 Å². The van der Waals surface area contributed by atoms with E-state index in [0.717, 1.165) is 16.0 Å². The molecule has 3 aromatic rings. The van der Waals surface area contributed by atoms with E-state index in [2.05, 4.69) is 5.32 Å². The van der Waals surface area contributed by atoms with E-state index in [0.29, 0.717) is 12.2 Å². The monoisotopic (exact) mass is 365 g/mol. The summed E-state index contributed by atoms with van der Waals surface area (Å²) in [7, 11) is 0. The predicted molar refractivity (Wildman–Crippen MR) is 105 cm³/mol. The van der Waals surface area contributed by atoms with Crippen LogP contribution in [0.25, 0.3) is 0 Å². The van der Waals surface area contributed by atoms with Gasteiger partial charge in [0.05, 0.1) is 6.04 Å². The average molecular weight is 365 g/mol. The molecule has 0 unspecified atom stereocenters. The Labute approximate surface area is 157 Å². The van der Waals surface area contributed by atoms with Crippen LogP contribution < -0.4 is 5.32 Å².